The van der Waals surface area contributed by atoms with Crippen molar-refractivity contribution in [1.82, 2.24) is 5.32 Å². The molecule has 0 heterocycles. The fourth-order valence-corrected chi connectivity index (χ4v) is 1.51. The molecule has 2 N–H and O–H groups in total. The minimum Gasteiger partial charge on any atom is -0.478 e. The Morgan fingerprint density at radius 1 is 1.37 bits per heavy atom. The van der Waals surface area contributed by atoms with E-state index in [1.165, 1.54) is 19.1 Å². The monoisotopic (exact) mass is 269 g/mol. The van der Waals surface area contributed by atoms with E-state index in [2.05, 4.69) is 5.32 Å². The molecule has 1 unspecified atom stereocenters. The van der Waals surface area contributed by atoms with Crippen LogP contribution >= 0.6 is 0 Å². The quantitative estimate of drug-likeness (QED) is 0.827. The zero-order valence-electron chi connectivity index (χ0n) is 11.4. The first-order valence-electron chi connectivity index (χ1n) is 6.28. The molecular formula is C14H20FNO3. The summed E-state index contributed by atoms with van der Waals surface area (Å²) >= 11 is 0. The third kappa shape index (κ3) is 4.52. The molecule has 0 bridgehead atoms. The molecule has 19 heavy (non-hydrogen) atoms. The Labute approximate surface area is 112 Å². The molecule has 0 aromatic heterocycles. The van der Waals surface area contributed by atoms with Crippen LogP contribution in [0.5, 0.6) is 5.75 Å². The van der Waals surface area contributed by atoms with Crippen LogP contribution in [-0.2, 0) is 4.79 Å². The lowest BCUT2D eigenvalue weighted by Crippen LogP contribution is -2.46. The smallest absolute Gasteiger partial charge is 0.261 e. The molecular weight excluding hydrogens is 249 g/mol. The van der Waals surface area contributed by atoms with Crippen molar-refractivity contribution in [2.45, 2.75) is 32.9 Å². The van der Waals surface area contributed by atoms with E-state index in [1.807, 2.05) is 13.8 Å². The summed E-state index contributed by atoms with van der Waals surface area (Å²) in [5.74, 6) is -0.745. The van der Waals surface area contributed by atoms with Gasteiger partial charge in [-0.15, -0.1) is 0 Å². The number of nitrogens with one attached hydrogen (secondary N) is 1. The molecule has 0 saturated heterocycles. The third-order valence-corrected chi connectivity index (χ3v) is 2.84. The van der Waals surface area contributed by atoms with Crippen molar-refractivity contribution in [3.63, 3.8) is 0 Å². The Morgan fingerprint density at radius 3 is 2.53 bits per heavy atom. The van der Waals surface area contributed by atoms with Crippen LogP contribution in [0.15, 0.2) is 24.3 Å². The van der Waals surface area contributed by atoms with E-state index in [1.54, 1.807) is 12.1 Å². The summed E-state index contributed by atoms with van der Waals surface area (Å²) in [6, 6.07) is 5.58. The second kappa shape index (κ2) is 7.09. The molecule has 0 aliphatic heterocycles. The summed E-state index contributed by atoms with van der Waals surface area (Å²) in [5, 5.41) is 11.8. The van der Waals surface area contributed by atoms with Gasteiger partial charge in [0.15, 0.2) is 17.7 Å². The SMILES string of the molecule is CC(Oc1ccccc1F)C(=O)N[C@H](CO)C(C)C. The third-order valence-electron chi connectivity index (χ3n) is 2.84. The predicted octanol–water partition coefficient (Wildman–Crippen LogP) is 1.73. The van der Waals surface area contributed by atoms with Gasteiger partial charge in [-0.25, -0.2) is 4.39 Å². The number of hydrogen-bond donors (Lipinski definition) is 2. The number of aliphatic hydroxyl groups excluding tert-OH is 1. The Hall–Kier alpha value is -1.62. The standard InChI is InChI=1S/C14H20FNO3/c1-9(2)12(8-17)16-14(18)10(3)19-13-7-5-4-6-11(13)15/h4-7,9-10,12,17H,8H2,1-3H3,(H,16,18)/t10?,12-/m1/s1. The van der Waals surface area contributed by atoms with Gasteiger partial charge in [-0.2, -0.15) is 0 Å². The van der Waals surface area contributed by atoms with E-state index in [0.717, 1.165) is 0 Å². The minimum atomic E-state index is -0.829. The second-order valence-electron chi connectivity index (χ2n) is 4.73. The number of ether oxygens (including phenoxy) is 1. The van der Waals surface area contributed by atoms with Gasteiger partial charge >= 0.3 is 0 Å². The van der Waals surface area contributed by atoms with Gasteiger partial charge in [0.1, 0.15) is 0 Å². The van der Waals surface area contributed by atoms with Crippen LogP contribution in [0.1, 0.15) is 20.8 Å². The maximum absolute atomic E-state index is 13.4. The summed E-state index contributed by atoms with van der Waals surface area (Å²) in [4.78, 5) is 11.9. The highest BCUT2D eigenvalue weighted by Gasteiger charge is 2.21. The molecule has 2 atom stereocenters. The van der Waals surface area contributed by atoms with Crippen LogP contribution in [0.3, 0.4) is 0 Å². The summed E-state index contributed by atoms with van der Waals surface area (Å²) in [6.07, 6.45) is -0.829. The number of hydrogen-bond acceptors (Lipinski definition) is 3. The predicted molar refractivity (Wildman–Crippen MR) is 70.3 cm³/mol. The first kappa shape index (κ1) is 15.4. The van der Waals surface area contributed by atoms with Crippen molar-refractivity contribution in [3.8, 4) is 5.75 Å². The molecule has 0 saturated carbocycles. The van der Waals surface area contributed by atoms with Crippen LogP contribution in [0.2, 0.25) is 0 Å². The Bertz CT molecular complexity index is 423. The van der Waals surface area contributed by atoms with Gasteiger partial charge < -0.3 is 15.2 Å². The number of benzene rings is 1. The molecule has 0 spiro atoms. The number of amides is 1. The normalized spacial score (nSPS) is 14.0. The summed E-state index contributed by atoms with van der Waals surface area (Å²) < 4.78 is 18.6. The zero-order valence-corrected chi connectivity index (χ0v) is 11.4. The van der Waals surface area contributed by atoms with Gasteiger partial charge in [0.05, 0.1) is 12.6 Å². The van der Waals surface area contributed by atoms with Gasteiger partial charge in [-0.05, 0) is 25.0 Å². The van der Waals surface area contributed by atoms with E-state index in [0.29, 0.717) is 0 Å². The zero-order chi connectivity index (χ0) is 14.4. The van der Waals surface area contributed by atoms with Crippen molar-refractivity contribution in [2.24, 2.45) is 5.92 Å². The highest BCUT2D eigenvalue weighted by Crippen LogP contribution is 2.17. The van der Waals surface area contributed by atoms with Crippen molar-refractivity contribution in [3.05, 3.63) is 30.1 Å². The number of carbonyl (C=O) groups excluding carboxylic acids is 1. The second-order valence-corrected chi connectivity index (χ2v) is 4.73. The highest BCUT2D eigenvalue weighted by molar-refractivity contribution is 5.81. The van der Waals surface area contributed by atoms with Gasteiger partial charge in [0, 0.05) is 0 Å². The minimum absolute atomic E-state index is 0.0373. The van der Waals surface area contributed by atoms with Crippen molar-refractivity contribution >= 4 is 5.91 Å². The average Bonchev–Trinajstić information content (AvgIpc) is 2.37. The number of carbonyl (C=O) groups is 1. The van der Waals surface area contributed by atoms with Crippen LogP contribution < -0.4 is 10.1 Å². The molecule has 0 aliphatic carbocycles. The average molecular weight is 269 g/mol. The molecule has 0 aliphatic rings. The molecule has 5 heteroatoms. The number of para-hydroxylation sites is 1. The van der Waals surface area contributed by atoms with Gasteiger partial charge in [0.2, 0.25) is 0 Å². The molecule has 0 radical (unpaired) electrons. The molecule has 1 amide bonds. The van der Waals surface area contributed by atoms with Crippen molar-refractivity contribution in [2.75, 3.05) is 6.61 Å². The lowest BCUT2D eigenvalue weighted by molar-refractivity contribution is -0.128. The maximum atomic E-state index is 13.4. The first-order valence-corrected chi connectivity index (χ1v) is 6.28. The van der Waals surface area contributed by atoms with Crippen LogP contribution in [0.25, 0.3) is 0 Å². The van der Waals surface area contributed by atoms with Gasteiger partial charge in [-0.3, -0.25) is 4.79 Å². The molecule has 4 nitrogen and oxygen atoms in total. The lowest BCUT2D eigenvalue weighted by atomic mass is 10.1. The van der Waals surface area contributed by atoms with E-state index in [4.69, 9.17) is 9.84 Å². The summed E-state index contributed by atoms with van der Waals surface area (Å²) in [6.45, 7) is 5.18. The molecule has 1 rings (SSSR count). The van der Waals surface area contributed by atoms with Crippen molar-refractivity contribution < 1.29 is 19.0 Å². The maximum Gasteiger partial charge on any atom is 0.261 e. The summed E-state index contributed by atoms with van der Waals surface area (Å²) in [7, 11) is 0. The van der Waals surface area contributed by atoms with E-state index >= 15 is 0 Å². The molecule has 106 valence electrons. The van der Waals surface area contributed by atoms with Crippen molar-refractivity contribution in [1.29, 1.82) is 0 Å². The Balaban J connectivity index is 2.60. The first-order chi connectivity index (χ1) is 8.95. The number of rotatable bonds is 6. The van der Waals surface area contributed by atoms with Gasteiger partial charge in [-0.1, -0.05) is 26.0 Å². The van der Waals surface area contributed by atoms with Gasteiger partial charge in [0.25, 0.3) is 5.91 Å². The summed E-state index contributed by atoms with van der Waals surface area (Å²) in [5.41, 5.74) is 0. The lowest BCUT2D eigenvalue weighted by Gasteiger charge is -2.22. The molecule has 1 aromatic carbocycles. The van der Waals surface area contributed by atoms with Crippen LogP contribution in [0, 0.1) is 11.7 Å². The largest absolute Gasteiger partial charge is 0.478 e. The highest BCUT2D eigenvalue weighted by atomic mass is 19.1. The Kier molecular flexibility index (Phi) is 5.76. The molecule has 1 aromatic rings. The van der Waals surface area contributed by atoms with E-state index in [-0.39, 0.29) is 30.2 Å². The van der Waals surface area contributed by atoms with E-state index in [9.17, 15) is 9.18 Å². The Morgan fingerprint density at radius 2 is 2.00 bits per heavy atom. The fraction of sp³-hybridized carbons (Fsp3) is 0.500. The van der Waals surface area contributed by atoms with Crippen LogP contribution in [0.4, 0.5) is 4.39 Å². The van der Waals surface area contributed by atoms with Crippen LogP contribution in [-0.4, -0.2) is 29.8 Å². The van der Waals surface area contributed by atoms with E-state index < -0.39 is 11.9 Å². The fourth-order valence-electron chi connectivity index (χ4n) is 1.51. The number of aliphatic hydroxyl groups is 1. The topological polar surface area (TPSA) is 58.6 Å². The number of halogens is 1. The molecule has 0 fully saturated rings.